The van der Waals surface area contributed by atoms with E-state index in [2.05, 4.69) is 16.3 Å². The number of ether oxygens (including phenoxy) is 1. The summed E-state index contributed by atoms with van der Waals surface area (Å²) < 4.78 is 5.13. The van der Waals surface area contributed by atoms with Crippen LogP contribution in [0.15, 0.2) is 48.5 Å². The van der Waals surface area contributed by atoms with Crippen molar-refractivity contribution in [2.45, 2.75) is 0 Å². The number of piperazine rings is 1. The van der Waals surface area contributed by atoms with E-state index in [9.17, 15) is 4.79 Å². The maximum absolute atomic E-state index is 12.4. The van der Waals surface area contributed by atoms with Crippen LogP contribution in [0.1, 0.15) is 0 Å². The molecule has 0 aliphatic carbocycles. The maximum atomic E-state index is 12.4. The standard InChI is InChI=1S/C19H22ClN3O2/c1-25-18-7-5-16(6-8-18)21-14-19(24)23-11-9-22(10-12-23)17-4-2-3-15(20)13-17/h2-8,13,21H,9-12,14H2,1H3. The van der Waals surface area contributed by atoms with Gasteiger partial charge in [-0.15, -0.1) is 0 Å². The largest absolute Gasteiger partial charge is 0.497 e. The number of nitrogens with one attached hydrogen (secondary N) is 1. The molecule has 0 unspecified atom stereocenters. The summed E-state index contributed by atoms with van der Waals surface area (Å²) in [7, 11) is 1.63. The molecule has 1 aliphatic rings. The molecule has 0 aromatic heterocycles. The highest BCUT2D eigenvalue weighted by Crippen LogP contribution is 2.21. The van der Waals surface area contributed by atoms with E-state index in [1.165, 1.54) is 0 Å². The zero-order valence-electron chi connectivity index (χ0n) is 14.2. The van der Waals surface area contributed by atoms with Gasteiger partial charge in [-0.3, -0.25) is 4.79 Å². The van der Waals surface area contributed by atoms with Crippen molar-refractivity contribution in [3.63, 3.8) is 0 Å². The van der Waals surface area contributed by atoms with Gasteiger partial charge < -0.3 is 19.9 Å². The molecular formula is C19H22ClN3O2. The van der Waals surface area contributed by atoms with E-state index < -0.39 is 0 Å². The molecule has 1 aliphatic heterocycles. The highest BCUT2D eigenvalue weighted by Gasteiger charge is 2.21. The van der Waals surface area contributed by atoms with Crippen molar-refractivity contribution in [1.82, 2.24) is 4.90 Å². The SMILES string of the molecule is COc1ccc(NCC(=O)N2CCN(c3cccc(Cl)c3)CC2)cc1. The van der Waals surface area contributed by atoms with Crippen LogP contribution in [0.25, 0.3) is 0 Å². The van der Waals surface area contributed by atoms with E-state index in [1.54, 1.807) is 7.11 Å². The summed E-state index contributed by atoms with van der Waals surface area (Å²) in [5.41, 5.74) is 2.02. The van der Waals surface area contributed by atoms with Gasteiger partial charge in [-0.2, -0.15) is 0 Å². The lowest BCUT2D eigenvalue weighted by molar-refractivity contribution is -0.129. The Morgan fingerprint density at radius 2 is 1.84 bits per heavy atom. The topological polar surface area (TPSA) is 44.8 Å². The third kappa shape index (κ3) is 4.57. The van der Waals surface area contributed by atoms with Crippen LogP contribution in [-0.4, -0.2) is 50.6 Å². The average Bonchev–Trinajstić information content (AvgIpc) is 2.66. The third-order valence-electron chi connectivity index (χ3n) is 4.34. The Balaban J connectivity index is 1.48. The number of halogens is 1. The van der Waals surface area contributed by atoms with Crippen molar-refractivity contribution < 1.29 is 9.53 Å². The van der Waals surface area contributed by atoms with Crippen LogP contribution < -0.4 is 15.0 Å². The van der Waals surface area contributed by atoms with E-state index in [0.29, 0.717) is 6.54 Å². The van der Waals surface area contributed by atoms with Gasteiger partial charge in [-0.05, 0) is 42.5 Å². The fourth-order valence-electron chi connectivity index (χ4n) is 2.89. The third-order valence-corrected chi connectivity index (χ3v) is 4.57. The van der Waals surface area contributed by atoms with E-state index in [-0.39, 0.29) is 5.91 Å². The van der Waals surface area contributed by atoms with Gasteiger partial charge >= 0.3 is 0 Å². The first-order chi connectivity index (χ1) is 12.2. The van der Waals surface area contributed by atoms with Crippen LogP contribution in [0.3, 0.4) is 0 Å². The first kappa shape index (κ1) is 17.4. The van der Waals surface area contributed by atoms with Crippen molar-refractivity contribution in [3.8, 4) is 5.75 Å². The molecule has 2 aromatic rings. The number of hydrogen-bond donors (Lipinski definition) is 1. The summed E-state index contributed by atoms with van der Waals surface area (Å²) in [6, 6.07) is 15.4. The molecule has 25 heavy (non-hydrogen) atoms. The van der Waals surface area contributed by atoms with E-state index in [1.807, 2.05) is 47.4 Å². The minimum absolute atomic E-state index is 0.113. The molecule has 1 fully saturated rings. The van der Waals surface area contributed by atoms with Crippen LogP contribution >= 0.6 is 11.6 Å². The number of amides is 1. The zero-order chi connectivity index (χ0) is 17.6. The molecule has 0 spiro atoms. The summed E-state index contributed by atoms with van der Waals surface area (Å²) >= 11 is 6.05. The minimum Gasteiger partial charge on any atom is -0.497 e. The fraction of sp³-hybridized carbons (Fsp3) is 0.316. The molecule has 1 N–H and O–H groups in total. The van der Waals surface area contributed by atoms with Crippen LogP contribution in [0.2, 0.25) is 5.02 Å². The molecule has 6 heteroatoms. The Labute approximate surface area is 153 Å². The van der Waals surface area contributed by atoms with Crippen LogP contribution in [-0.2, 0) is 4.79 Å². The average molecular weight is 360 g/mol. The number of rotatable bonds is 5. The number of carbonyl (C=O) groups excluding carboxylic acids is 1. The number of carbonyl (C=O) groups is 1. The number of benzene rings is 2. The molecule has 5 nitrogen and oxygen atoms in total. The van der Waals surface area contributed by atoms with E-state index in [4.69, 9.17) is 16.3 Å². The molecule has 1 amide bonds. The molecule has 3 rings (SSSR count). The van der Waals surface area contributed by atoms with Gasteiger partial charge in [0, 0.05) is 42.6 Å². The molecule has 1 heterocycles. The Morgan fingerprint density at radius 3 is 2.48 bits per heavy atom. The van der Waals surface area contributed by atoms with Crippen molar-refractivity contribution >= 4 is 28.9 Å². The smallest absolute Gasteiger partial charge is 0.241 e. The molecule has 0 radical (unpaired) electrons. The Morgan fingerprint density at radius 1 is 1.12 bits per heavy atom. The maximum Gasteiger partial charge on any atom is 0.241 e. The van der Waals surface area contributed by atoms with Gasteiger partial charge in [-0.1, -0.05) is 17.7 Å². The van der Waals surface area contributed by atoms with Crippen molar-refractivity contribution in [2.75, 3.05) is 50.1 Å². The van der Waals surface area contributed by atoms with E-state index >= 15 is 0 Å². The highest BCUT2D eigenvalue weighted by molar-refractivity contribution is 6.30. The molecule has 0 bridgehead atoms. The van der Waals surface area contributed by atoms with Gasteiger partial charge in [0.25, 0.3) is 0 Å². The quantitative estimate of drug-likeness (QED) is 0.891. The van der Waals surface area contributed by atoms with Gasteiger partial charge in [0.05, 0.1) is 13.7 Å². The predicted molar refractivity (Wildman–Crippen MR) is 102 cm³/mol. The lowest BCUT2D eigenvalue weighted by Crippen LogP contribution is -2.50. The second kappa shape index (κ2) is 8.12. The van der Waals surface area contributed by atoms with Crippen molar-refractivity contribution in [2.24, 2.45) is 0 Å². The number of hydrogen-bond acceptors (Lipinski definition) is 4. The molecular weight excluding hydrogens is 338 g/mol. The molecule has 132 valence electrons. The number of anilines is 2. The van der Waals surface area contributed by atoms with Gasteiger partial charge in [0.2, 0.25) is 5.91 Å². The normalized spacial score (nSPS) is 14.3. The summed E-state index contributed by atoms with van der Waals surface area (Å²) in [6.45, 7) is 3.36. The second-order valence-corrected chi connectivity index (χ2v) is 6.37. The fourth-order valence-corrected chi connectivity index (χ4v) is 3.07. The lowest BCUT2D eigenvalue weighted by atomic mass is 10.2. The number of methoxy groups -OCH3 is 1. The van der Waals surface area contributed by atoms with Crippen LogP contribution in [0, 0.1) is 0 Å². The predicted octanol–water partition coefficient (Wildman–Crippen LogP) is 3.11. The highest BCUT2D eigenvalue weighted by atomic mass is 35.5. The molecule has 0 saturated carbocycles. The summed E-state index contributed by atoms with van der Waals surface area (Å²) in [6.07, 6.45) is 0. The van der Waals surface area contributed by atoms with Crippen molar-refractivity contribution in [1.29, 1.82) is 0 Å². The minimum atomic E-state index is 0.113. The van der Waals surface area contributed by atoms with Crippen LogP contribution in [0.5, 0.6) is 5.75 Å². The second-order valence-electron chi connectivity index (χ2n) is 5.93. The summed E-state index contributed by atoms with van der Waals surface area (Å²) in [5, 5.41) is 3.90. The molecule has 2 aromatic carbocycles. The van der Waals surface area contributed by atoms with Gasteiger partial charge in [0.15, 0.2) is 0 Å². The lowest BCUT2D eigenvalue weighted by Gasteiger charge is -2.36. The Bertz CT molecular complexity index is 713. The Kier molecular flexibility index (Phi) is 5.66. The first-order valence-corrected chi connectivity index (χ1v) is 8.70. The Hall–Kier alpha value is -2.40. The summed E-state index contributed by atoms with van der Waals surface area (Å²) in [5.74, 6) is 0.913. The van der Waals surface area contributed by atoms with Crippen LogP contribution in [0.4, 0.5) is 11.4 Å². The monoisotopic (exact) mass is 359 g/mol. The van der Waals surface area contributed by atoms with E-state index in [0.717, 1.165) is 48.3 Å². The van der Waals surface area contributed by atoms with Crippen molar-refractivity contribution in [3.05, 3.63) is 53.6 Å². The first-order valence-electron chi connectivity index (χ1n) is 8.32. The summed E-state index contributed by atoms with van der Waals surface area (Å²) in [4.78, 5) is 16.5. The molecule has 1 saturated heterocycles. The zero-order valence-corrected chi connectivity index (χ0v) is 15.0. The number of nitrogens with zero attached hydrogens (tertiary/aromatic N) is 2. The molecule has 0 atom stereocenters. The van der Waals surface area contributed by atoms with Gasteiger partial charge in [-0.25, -0.2) is 0 Å². The van der Waals surface area contributed by atoms with Gasteiger partial charge in [0.1, 0.15) is 5.75 Å².